The fraction of sp³-hybridized carbons (Fsp3) is 0.205. The molecular weight excluding hydrogens is 529 g/mol. The minimum absolute atomic E-state index is 0.00854. The van der Waals surface area contributed by atoms with Gasteiger partial charge in [0.1, 0.15) is 6.61 Å². The van der Waals surface area contributed by atoms with E-state index >= 15 is 0 Å². The Morgan fingerprint density at radius 2 is 1.24 bits per heavy atom. The van der Waals surface area contributed by atoms with Crippen LogP contribution in [-0.2, 0) is 29.4 Å². The van der Waals surface area contributed by atoms with Crippen LogP contribution in [-0.4, -0.2) is 18.5 Å². The van der Waals surface area contributed by atoms with E-state index in [1.165, 1.54) is 43.7 Å². The zero-order valence-electron chi connectivity index (χ0n) is 23.7. The summed E-state index contributed by atoms with van der Waals surface area (Å²) in [5, 5.41) is 4.33. The lowest BCUT2D eigenvalue weighted by atomic mass is 9.74. The maximum absolute atomic E-state index is 6.41. The Balaban J connectivity index is 1.26. The van der Waals surface area contributed by atoms with Crippen LogP contribution in [0.4, 0.5) is 0 Å². The number of ether oxygens (including phenoxy) is 1. The van der Waals surface area contributed by atoms with E-state index in [4.69, 9.17) is 9.73 Å². The highest BCUT2D eigenvalue weighted by Crippen LogP contribution is 2.55. The lowest BCUT2D eigenvalue weighted by Gasteiger charge is -2.33. The van der Waals surface area contributed by atoms with Gasteiger partial charge in [-0.25, -0.2) is 4.99 Å². The molecule has 0 bridgehead atoms. The minimum atomic E-state index is -0.697. The Morgan fingerprint density at radius 3 is 1.90 bits per heavy atom. The molecule has 0 amide bonds. The van der Waals surface area contributed by atoms with Gasteiger partial charge in [-0.15, -0.1) is 0 Å². The zero-order chi connectivity index (χ0) is 27.9. The second-order valence-electron chi connectivity index (χ2n) is 11.8. The van der Waals surface area contributed by atoms with Gasteiger partial charge in [-0.05, 0) is 89.8 Å². The largest absolute Gasteiger partial charge is 0.475 e. The van der Waals surface area contributed by atoms with Crippen molar-refractivity contribution >= 4 is 29.7 Å². The molecule has 0 unspecified atom stereocenters. The standard InChI is InChI=1S/C39H34NOP/c1-4-12-28(13-5-1)26-31-27-41-38(40-31)34-20-10-14-29-22-24-39(36(29)34)25-23-30-15-11-21-35(37(30)39)42(32-16-6-2-7-17-32)33-18-8-3-9-19-33/h1-21,31H,22-27H2/t31-,39-/m0/s1. The van der Waals surface area contributed by atoms with E-state index in [-0.39, 0.29) is 11.5 Å². The molecule has 2 nitrogen and oxygen atoms in total. The average Bonchev–Trinajstić information content (AvgIpc) is 3.78. The van der Waals surface area contributed by atoms with Crippen LogP contribution in [0.2, 0.25) is 0 Å². The van der Waals surface area contributed by atoms with Gasteiger partial charge in [-0.2, -0.15) is 0 Å². The first kappa shape index (κ1) is 25.7. The number of hydrogen-bond acceptors (Lipinski definition) is 2. The third-order valence-electron chi connectivity index (χ3n) is 9.41. The molecule has 42 heavy (non-hydrogen) atoms. The number of nitrogens with zero attached hydrogens (tertiary/aromatic N) is 1. The average molecular weight is 564 g/mol. The quantitative estimate of drug-likeness (QED) is 0.204. The maximum atomic E-state index is 6.41. The summed E-state index contributed by atoms with van der Waals surface area (Å²) in [5.41, 5.74) is 8.57. The van der Waals surface area contributed by atoms with Crippen LogP contribution < -0.4 is 15.9 Å². The fourth-order valence-electron chi connectivity index (χ4n) is 7.67. The third-order valence-corrected chi connectivity index (χ3v) is 11.9. The van der Waals surface area contributed by atoms with Gasteiger partial charge in [0.2, 0.25) is 5.90 Å². The van der Waals surface area contributed by atoms with Crippen LogP contribution in [0.25, 0.3) is 0 Å². The molecule has 0 radical (unpaired) electrons. The Hall–Kier alpha value is -4.00. The molecule has 0 saturated carbocycles. The molecule has 2 aliphatic carbocycles. The van der Waals surface area contributed by atoms with E-state index in [0.717, 1.165) is 38.0 Å². The topological polar surface area (TPSA) is 21.6 Å². The predicted molar refractivity (Wildman–Crippen MR) is 175 cm³/mol. The van der Waals surface area contributed by atoms with Crippen LogP contribution in [0.3, 0.4) is 0 Å². The molecular formula is C39H34NOP. The van der Waals surface area contributed by atoms with E-state index in [9.17, 15) is 0 Å². The third kappa shape index (κ3) is 4.32. The van der Waals surface area contributed by atoms with Crippen molar-refractivity contribution in [2.24, 2.45) is 4.99 Å². The SMILES string of the molecule is c1ccc(C[C@H]2COC(c3cccc4c3[C@]3(CC4)CCc4cccc(P(c5ccccc5)c5ccccc5)c43)=N2)cc1. The van der Waals surface area contributed by atoms with Crippen LogP contribution in [0.5, 0.6) is 0 Å². The van der Waals surface area contributed by atoms with Crippen LogP contribution in [0.1, 0.15) is 46.2 Å². The number of aryl methyl sites for hydroxylation is 2. The van der Waals surface area contributed by atoms with E-state index < -0.39 is 7.92 Å². The van der Waals surface area contributed by atoms with Crippen molar-refractivity contribution in [3.63, 3.8) is 0 Å². The second kappa shape index (κ2) is 10.7. The highest BCUT2D eigenvalue weighted by molar-refractivity contribution is 7.79. The van der Waals surface area contributed by atoms with E-state index in [2.05, 4.69) is 127 Å². The number of aliphatic imine (C=N–C) groups is 1. The van der Waals surface area contributed by atoms with Crippen molar-refractivity contribution in [3.05, 3.63) is 161 Å². The van der Waals surface area contributed by atoms with Gasteiger partial charge in [0.15, 0.2) is 0 Å². The molecule has 2 atom stereocenters. The van der Waals surface area contributed by atoms with Crippen molar-refractivity contribution in [3.8, 4) is 0 Å². The van der Waals surface area contributed by atoms with Crippen molar-refractivity contribution in [2.75, 3.05) is 6.61 Å². The molecule has 3 heteroatoms. The number of fused-ring (bicyclic) bond motifs is 4. The minimum Gasteiger partial charge on any atom is -0.475 e. The highest BCUT2D eigenvalue weighted by Gasteiger charge is 2.49. The molecule has 0 fully saturated rings. The molecule has 3 aliphatic rings. The van der Waals surface area contributed by atoms with Crippen LogP contribution >= 0.6 is 7.92 Å². The van der Waals surface area contributed by atoms with Gasteiger partial charge in [-0.1, -0.05) is 121 Å². The summed E-state index contributed by atoms with van der Waals surface area (Å²) >= 11 is 0. The van der Waals surface area contributed by atoms with Crippen molar-refractivity contribution in [1.29, 1.82) is 0 Å². The molecule has 0 N–H and O–H groups in total. The Bertz CT molecular complexity index is 1720. The first-order chi connectivity index (χ1) is 20.8. The van der Waals surface area contributed by atoms with Gasteiger partial charge in [0.05, 0.1) is 6.04 Å². The Morgan fingerprint density at radius 1 is 0.643 bits per heavy atom. The molecule has 206 valence electrons. The lowest BCUT2D eigenvalue weighted by molar-refractivity contribution is 0.316. The smallest absolute Gasteiger partial charge is 0.216 e. The van der Waals surface area contributed by atoms with Gasteiger partial charge in [0.25, 0.3) is 0 Å². The zero-order valence-corrected chi connectivity index (χ0v) is 24.6. The number of benzene rings is 5. The van der Waals surface area contributed by atoms with Crippen LogP contribution in [0, 0.1) is 0 Å². The number of hydrogen-bond donors (Lipinski definition) is 0. The molecule has 1 spiro atoms. The fourth-order valence-corrected chi connectivity index (χ4v) is 10.3. The second-order valence-corrected chi connectivity index (χ2v) is 14.0. The first-order valence-electron chi connectivity index (χ1n) is 15.2. The summed E-state index contributed by atoms with van der Waals surface area (Å²) in [6.07, 6.45) is 5.43. The van der Waals surface area contributed by atoms with Gasteiger partial charge < -0.3 is 4.74 Å². The summed E-state index contributed by atoms with van der Waals surface area (Å²) in [5.74, 6) is 0.841. The lowest BCUT2D eigenvalue weighted by Crippen LogP contribution is -2.32. The summed E-state index contributed by atoms with van der Waals surface area (Å²) in [7, 11) is -0.697. The summed E-state index contributed by atoms with van der Waals surface area (Å²) < 4.78 is 6.41. The van der Waals surface area contributed by atoms with Crippen molar-refractivity contribution < 1.29 is 4.74 Å². The van der Waals surface area contributed by atoms with Crippen LogP contribution in [0.15, 0.2) is 132 Å². The highest BCUT2D eigenvalue weighted by atomic mass is 31.1. The molecule has 5 aromatic carbocycles. The molecule has 8 rings (SSSR count). The molecule has 5 aromatic rings. The first-order valence-corrected chi connectivity index (χ1v) is 16.5. The summed E-state index contributed by atoms with van der Waals surface area (Å²) in [4.78, 5) is 5.19. The Labute approximate surface area is 249 Å². The molecule has 1 heterocycles. The van der Waals surface area contributed by atoms with Gasteiger partial charge >= 0.3 is 0 Å². The Kier molecular flexibility index (Phi) is 6.53. The predicted octanol–water partition coefficient (Wildman–Crippen LogP) is 7.01. The normalized spacial score (nSPS) is 20.4. The van der Waals surface area contributed by atoms with E-state index in [1.54, 1.807) is 5.56 Å². The van der Waals surface area contributed by atoms with Crippen molar-refractivity contribution in [1.82, 2.24) is 0 Å². The summed E-state index contributed by atoms with van der Waals surface area (Å²) in [6, 6.07) is 47.1. The number of rotatable bonds is 6. The van der Waals surface area contributed by atoms with Gasteiger partial charge in [0, 0.05) is 11.0 Å². The van der Waals surface area contributed by atoms with E-state index in [1.807, 2.05) is 0 Å². The van der Waals surface area contributed by atoms with Crippen molar-refractivity contribution in [2.45, 2.75) is 43.6 Å². The molecule has 1 aliphatic heterocycles. The molecule has 0 aromatic heterocycles. The molecule has 0 saturated heterocycles. The summed E-state index contributed by atoms with van der Waals surface area (Å²) in [6.45, 7) is 0.649. The monoisotopic (exact) mass is 563 g/mol. The maximum Gasteiger partial charge on any atom is 0.216 e. The van der Waals surface area contributed by atoms with Gasteiger partial charge in [-0.3, -0.25) is 0 Å². The van der Waals surface area contributed by atoms with E-state index in [0.29, 0.717) is 6.61 Å².